The van der Waals surface area contributed by atoms with Gasteiger partial charge in [0.25, 0.3) is 0 Å². The first-order valence-corrected chi connectivity index (χ1v) is 11.0. The molecule has 4 rings (SSSR count). The molecule has 170 valence electrons. The van der Waals surface area contributed by atoms with Gasteiger partial charge in [0.1, 0.15) is 17.2 Å². The minimum absolute atomic E-state index is 0.0543. The molecule has 0 aliphatic rings. The van der Waals surface area contributed by atoms with Crippen molar-refractivity contribution in [1.29, 1.82) is 0 Å². The Morgan fingerprint density at radius 3 is 1.76 bits per heavy atom. The summed E-state index contributed by atoms with van der Waals surface area (Å²) in [7, 11) is 0. The van der Waals surface area contributed by atoms with E-state index >= 15 is 0 Å². The summed E-state index contributed by atoms with van der Waals surface area (Å²) in [4.78, 5) is 0. The number of hydrogen-bond acceptors (Lipinski definition) is 0. The van der Waals surface area contributed by atoms with Crippen LogP contribution >= 0.6 is 0 Å². The van der Waals surface area contributed by atoms with Crippen molar-refractivity contribution in [2.75, 3.05) is 0 Å². The van der Waals surface area contributed by atoms with Crippen LogP contribution in [0.15, 0.2) is 72.8 Å². The number of aryl methyl sites for hydroxylation is 1. The number of hydrogen-bond donors (Lipinski definition) is 0. The van der Waals surface area contributed by atoms with Crippen molar-refractivity contribution in [3.63, 3.8) is 0 Å². The molecule has 0 nitrogen and oxygen atoms in total. The fourth-order valence-corrected chi connectivity index (χ4v) is 4.08. The average Bonchev–Trinajstić information content (AvgIpc) is 2.77. The molecule has 0 heterocycles. The highest BCUT2D eigenvalue weighted by atomic mass is 19.4. The number of alkyl halides is 3. The molecule has 0 aliphatic heterocycles. The third-order valence-corrected chi connectivity index (χ3v) is 5.85. The fourth-order valence-electron chi connectivity index (χ4n) is 4.08. The summed E-state index contributed by atoms with van der Waals surface area (Å²) in [6, 6.07) is 21.0. The van der Waals surface area contributed by atoms with Crippen LogP contribution in [-0.2, 0) is 12.6 Å². The topological polar surface area (TPSA) is 0 Å². The van der Waals surface area contributed by atoms with Gasteiger partial charge in [-0.2, -0.15) is 13.2 Å². The van der Waals surface area contributed by atoms with Crippen LogP contribution in [0.2, 0.25) is 0 Å². The summed E-state index contributed by atoms with van der Waals surface area (Å²) in [6.45, 7) is 2.19. The molecule has 0 fully saturated rings. The highest BCUT2D eigenvalue weighted by molar-refractivity contribution is 5.88. The average molecular weight is 454 g/mol. The smallest absolute Gasteiger partial charge is 0.206 e. The number of unbranched alkanes of at least 4 members (excludes halogenated alkanes) is 2. The van der Waals surface area contributed by atoms with Crippen molar-refractivity contribution in [3.05, 3.63) is 95.6 Å². The summed E-state index contributed by atoms with van der Waals surface area (Å²) < 4.78 is 66.3. The molecule has 0 saturated heterocycles. The normalized spacial score (nSPS) is 11.8. The van der Waals surface area contributed by atoms with Crippen LogP contribution in [-0.4, -0.2) is 0 Å². The first-order valence-electron chi connectivity index (χ1n) is 11.0. The Bertz CT molecular complexity index is 1250. The number of halogens is 5. The van der Waals surface area contributed by atoms with Gasteiger partial charge in [-0.05, 0) is 69.6 Å². The summed E-state index contributed by atoms with van der Waals surface area (Å²) in [5, 5.41) is 2.28. The molecular formula is C28H23F5. The van der Waals surface area contributed by atoms with E-state index in [1.165, 1.54) is 30.2 Å². The van der Waals surface area contributed by atoms with E-state index in [2.05, 4.69) is 37.3 Å². The highest BCUT2D eigenvalue weighted by Gasteiger charge is 2.37. The van der Waals surface area contributed by atoms with Crippen molar-refractivity contribution in [2.24, 2.45) is 0 Å². The maximum Gasteiger partial charge on any atom is 0.422 e. The Labute approximate surface area is 189 Å². The molecule has 4 aromatic carbocycles. The maximum atomic E-state index is 13.9. The molecule has 0 saturated carbocycles. The second kappa shape index (κ2) is 9.34. The van der Waals surface area contributed by atoms with E-state index in [4.69, 9.17) is 0 Å². The van der Waals surface area contributed by atoms with Crippen LogP contribution in [0.3, 0.4) is 0 Å². The van der Waals surface area contributed by atoms with Crippen molar-refractivity contribution in [2.45, 2.75) is 38.8 Å². The lowest BCUT2D eigenvalue weighted by Crippen LogP contribution is -2.11. The lowest BCUT2D eigenvalue weighted by molar-refractivity contribution is -0.142. The molecule has 4 aromatic rings. The monoisotopic (exact) mass is 454 g/mol. The third kappa shape index (κ3) is 5.08. The van der Waals surface area contributed by atoms with Gasteiger partial charge in [-0.15, -0.1) is 0 Å². The minimum atomic E-state index is -5.08. The maximum absolute atomic E-state index is 13.9. The van der Waals surface area contributed by atoms with Crippen molar-refractivity contribution < 1.29 is 22.0 Å². The summed E-state index contributed by atoms with van der Waals surface area (Å²) in [6.07, 6.45) is -0.419. The zero-order chi connectivity index (χ0) is 23.6. The molecule has 5 heteroatoms. The Morgan fingerprint density at radius 2 is 1.15 bits per heavy atom. The lowest BCUT2D eigenvalue weighted by Gasteiger charge is -2.12. The molecule has 33 heavy (non-hydrogen) atoms. The zero-order valence-electron chi connectivity index (χ0n) is 18.1. The molecule has 0 atom stereocenters. The van der Waals surface area contributed by atoms with Gasteiger partial charge in [-0.1, -0.05) is 74.4 Å². The van der Waals surface area contributed by atoms with Gasteiger partial charge >= 0.3 is 6.18 Å². The van der Waals surface area contributed by atoms with Crippen LogP contribution in [0.5, 0.6) is 0 Å². The van der Waals surface area contributed by atoms with Crippen LogP contribution in [0.1, 0.15) is 37.3 Å². The van der Waals surface area contributed by atoms with Gasteiger partial charge in [0.2, 0.25) is 0 Å². The first-order chi connectivity index (χ1) is 15.8. The van der Waals surface area contributed by atoms with Crippen LogP contribution in [0.4, 0.5) is 22.0 Å². The summed E-state index contributed by atoms with van der Waals surface area (Å²) in [5.74, 6) is -3.24. The predicted octanol–water partition coefficient (Wildman–Crippen LogP) is 9.20. The molecule has 0 unspecified atom stereocenters. The van der Waals surface area contributed by atoms with Crippen LogP contribution in [0, 0.1) is 11.6 Å². The van der Waals surface area contributed by atoms with Gasteiger partial charge in [-0.3, -0.25) is 0 Å². The molecule has 0 radical (unpaired) electrons. The summed E-state index contributed by atoms with van der Waals surface area (Å²) >= 11 is 0. The Kier molecular flexibility index (Phi) is 6.50. The van der Waals surface area contributed by atoms with Gasteiger partial charge in [0.15, 0.2) is 0 Å². The Balaban J connectivity index is 1.58. The van der Waals surface area contributed by atoms with E-state index in [-0.39, 0.29) is 5.56 Å². The van der Waals surface area contributed by atoms with Gasteiger partial charge in [-0.25, -0.2) is 8.78 Å². The standard InChI is InChI=1S/C28H23F5/c1-2-3-4-5-18-6-7-23-15-22(13-12-21(23)14-18)19-8-10-20(11-9-19)24-16-25(29)27(26(30)17-24)28(31,32)33/h6-17H,2-5H2,1H3. The van der Waals surface area contributed by atoms with E-state index < -0.39 is 23.4 Å². The Morgan fingerprint density at radius 1 is 0.606 bits per heavy atom. The van der Waals surface area contributed by atoms with Gasteiger partial charge < -0.3 is 0 Å². The molecular weight excluding hydrogens is 431 g/mol. The largest absolute Gasteiger partial charge is 0.422 e. The van der Waals surface area contributed by atoms with E-state index in [1.807, 2.05) is 6.07 Å². The molecule has 0 N–H and O–H groups in total. The van der Waals surface area contributed by atoms with Crippen LogP contribution in [0.25, 0.3) is 33.0 Å². The number of benzene rings is 4. The van der Waals surface area contributed by atoms with E-state index in [9.17, 15) is 22.0 Å². The molecule has 0 bridgehead atoms. The van der Waals surface area contributed by atoms with Gasteiger partial charge in [0.05, 0.1) is 0 Å². The predicted molar refractivity (Wildman–Crippen MR) is 123 cm³/mol. The molecule has 0 amide bonds. The second-order valence-corrected chi connectivity index (χ2v) is 8.24. The van der Waals surface area contributed by atoms with E-state index in [1.54, 1.807) is 24.3 Å². The van der Waals surface area contributed by atoms with E-state index in [0.717, 1.165) is 35.1 Å². The van der Waals surface area contributed by atoms with Crippen molar-refractivity contribution in [1.82, 2.24) is 0 Å². The minimum Gasteiger partial charge on any atom is -0.206 e. The quantitative estimate of drug-likeness (QED) is 0.201. The zero-order valence-corrected chi connectivity index (χ0v) is 18.1. The second-order valence-electron chi connectivity index (χ2n) is 8.24. The molecule has 0 spiro atoms. The fraction of sp³-hybridized carbons (Fsp3) is 0.214. The third-order valence-electron chi connectivity index (χ3n) is 5.85. The highest BCUT2D eigenvalue weighted by Crippen LogP contribution is 2.36. The van der Waals surface area contributed by atoms with Gasteiger partial charge in [0, 0.05) is 0 Å². The first kappa shape index (κ1) is 23.0. The Hall–Kier alpha value is -3.21. The summed E-state index contributed by atoms with van der Waals surface area (Å²) in [5.41, 5.74) is 1.83. The van der Waals surface area contributed by atoms with Crippen molar-refractivity contribution >= 4 is 10.8 Å². The number of rotatable bonds is 6. The molecule has 0 aromatic heterocycles. The van der Waals surface area contributed by atoms with E-state index in [0.29, 0.717) is 5.56 Å². The SMILES string of the molecule is CCCCCc1ccc2cc(-c3ccc(-c4cc(F)c(C(F)(F)F)c(F)c4)cc3)ccc2c1. The molecule has 0 aliphatic carbocycles. The lowest BCUT2D eigenvalue weighted by atomic mass is 9.96. The number of fused-ring (bicyclic) bond motifs is 1. The van der Waals surface area contributed by atoms with Crippen molar-refractivity contribution in [3.8, 4) is 22.3 Å². The van der Waals surface area contributed by atoms with Crippen LogP contribution < -0.4 is 0 Å².